The van der Waals surface area contributed by atoms with E-state index in [9.17, 15) is 30.2 Å². The van der Waals surface area contributed by atoms with Gasteiger partial charge in [-0.3, -0.25) is 10.1 Å². The highest BCUT2D eigenvalue weighted by molar-refractivity contribution is 5.66. The number of nitro groups is 1. The fourth-order valence-electron chi connectivity index (χ4n) is 1.62. The first-order chi connectivity index (χ1) is 9.90. The van der Waals surface area contributed by atoms with Gasteiger partial charge in [-0.25, -0.2) is 0 Å². The van der Waals surface area contributed by atoms with E-state index in [1.807, 2.05) is 0 Å². The number of nitro benzene ring substituents is 1. The van der Waals surface area contributed by atoms with Crippen molar-refractivity contribution in [3.63, 3.8) is 0 Å². The molecule has 4 unspecified atom stereocenters. The Morgan fingerprint density at radius 2 is 1.76 bits per heavy atom. The van der Waals surface area contributed by atoms with E-state index < -0.39 is 35.9 Å². The van der Waals surface area contributed by atoms with Crippen LogP contribution in [0.5, 0.6) is 0 Å². The first-order valence-electron chi connectivity index (χ1n) is 6.02. The maximum absolute atomic E-state index is 11.0. The van der Waals surface area contributed by atoms with Crippen LogP contribution in [-0.4, -0.2) is 62.6 Å². The molecule has 4 atom stereocenters. The van der Waals surface area contributed by atoms with E-state index in [0.717, 1.165) is 0 Å². The summed E-state index contributed by atoms with van der Waals surface area (Å²) in [4.78, 5) is 20.9. The van der Waals surface area contributed by atoms with Crippen molar-refractivity contribution >= 4 is 17.7 Å². The molecule has 0 saturated heterocycles. The maximum Gasteiger partial charge on any atom is 0.269 e. The average molecular weight is 300 g/mol. The summed E-state index contributed by atoms with van der Waals surface area (Å²) in [6.07, 6.45) is -4.67. The minimum absolute atomic E-state index is 0.139. The van der Waals surface area contributed by atoms with Crippen LogP contribution in [0.15, 0.2) is 24.3 Å². The van der Waals surface area contributed by atoms with Crippen LogP contribution in [0, 0.1) is 10.1 Å². The fraction of sp³-hybridized carbons (Fsp3) is 0.417. The number of carbonyl (C=O) groups excluding carboxylic acids is 1. The summed E-state index contributed by atoms with van der Waals surface area (Å²) in [5, 5.41) is 50.3. The highest BCUT2D eigenvalue weighted by Crippen LogP contribution is 2.17. The number of aliphatic hydroxyl groups is 4. The minimum atomic E-state index is -1.73. The van der Waals surface area contributed by atoms with Crippen molar-refractivity contribution in [3.05, 3.63) is 34.4 Å². The molecule has 9 nitrogen and oxygen atoms in total. The van der Waals surface area contributed by atoms with Gasteiger partial charge in [-0.05, 0) is 12.1 Å². The van der Waals surface area contributed by atoms with Crippen molar-refractivity contribution in [2.75, 3.05) is 11.9 Å². The van der Waals surface area contributed by atoms with Gasteiger partial charge in [0.1, 0.15) is 30.6 Å². The first-order valence-corrected chi connectivity index (χ1v) is 6.02. The monoisotopic (exact) mass is 300 g/mol. The van der Waals surface area contributed by atoms with E-state index in [1.165, 1.54) is 24.3 Å². The zero-order valence-electron chi connectivity index (χ0n) is 10.9. The molecule has 1 rings (SSSR count). The lowest BCUT2D eigenvalue weighted by Gasteiger charge is -2.26. The third kappa shape index (κ3) is 4.46. The Morgan fingerprint density at radius 3 is 2.19 bits per heavy atom. The number of anilines is 1. The van der Waals surface area contributed by atoms with Gasteiger partial charge in [-0.15, -0.1) is 0 Å². The van der Waals surface area contributed by atoms with Gasteiger partial charge in [0.2, 0.25) is 0 Å². The number of hydrogen-bond donors (Lipinski definition) is 5. The van der Waals surface area contributed by atoms with E-state index in [1.54, 1.807) is 0 Å². The van der Waals surface area contributed by atoms with Crippen molar-refractivity contribution in [2.45, 2.75) is 24.4 Å². The predicted octanol–water partition coefficient (Wildman–Crippen LogP) is -1.35. The lowest BCUT2D eigenvalue weighted by Crippen LogP contribution is -2.49. The number of benzene rings is 1. The smallest absolute Gasteiger partial charge is 0.269 e. The zero-order chi connectivity index (χ0) is 16.0. The second-order valence-corrected chi connectivity index (χ2v) is 4.34. The van der Waals surface area contributed by atoms with Crippen LogP contribution in [0.3, 0.4) is 0 Å². The number of nitrogens with zero attached hydrogens (tertiary/aromatic N) is 1. The van der Waals surface area contributed by atoms with Gasteiger partial charge in [0.05, 0.1) is 11.5 Å². The molecule has 0 aliphatic carbocycles. The average Bonchev–Trinajstić information content (AvgIpc) is 2.50. The van der Waals surface area contributed by atoms with Crippen LogP contribution >= 0.6 is 0 Å². The van der Waals surface area contributed by atoms with E-state index in [4.69, 9.17) is 5.11 Å². The quantitative estimate of drug-likeness (QED) is 0.224. The van der Waals surface area contributed by atoms with Gasteiger partial charge in [-0.2, -0.15) is 0 Å². The summed E-state index contributed by atoms with van der Waals surface area (Å²) in [6, 6.07) is 3.81. The van der Waals surface area contributed by atoms with Crippen LogP contribution in [0.25, 0.3) is 0 Å². The molecule has 0 spiro atoms. The summed E-state index contributed by atoms with van der Waals surface area (Å²) in [5.74, 6) is 0. The van der Waals surface area contributed by atoms with E-state index in [-0.39, 0.29) is 5.69 Å². The highest BCUT2D eigenvalue weighted by Gasteiger charge is 2.31. The lowest BCUT2D eigenvalue weighted by molar-refractivity contribution is -0.384. The predicted molar refractivity (Wildman–Crippen MR) is 71.7 cm³/mol. The third-order valence-corrected chi connectivity index (χ3v) is 2.86. The number of hydrogen-bond acceptors (Lipinski definition) is 8. The van der Waals surface area contributed by atoms with Crippen LogP contribution in [-0.2, 0) is 4.79 Å². The molecule has 0 aliphatic rings. The summed E-state index contributed by atoms with van der Waals surface area (Å²) in [7, 11) is 0. The van der Waals surface area contributed by atoms with Gasteiger partial charge >= 0.3 is 0 Å². The van der Waals surface area contributed by atoms with Gasteiger partial charge < -0.3 is 30.5 Å². The van der Waals surface area contributed by atoms with Crippen molar-refractivity contribution in [2.24, 2.45) is 0 Å². The Balaban J connectivity index is 2.77. The molecule has 0 fully saturated rings. The molecule has 9 heteroatoms. The molecule has 0 radical (unpaired) electrons. The van der Waals surface area contributed by atoms with Crippen molar-refractivity contribution < 1.29 is 30.1 Å². The number of non-ortho nitro benzene ring substituents is 1. The van der Waals surface area contributed by atoms with Gasteiger partial charge in [0.25, 0.3) is 5.69 Å². The van der Waals surface area contributed by atoms with Gasteiger partial charge in [0.15, 0.2) is 0 Å². The molecule has 1 aromatic rings. The second kappa shape index (κ2) is 7.64. The molecule has 0 aliphatic heterocycles. The van der Waals surface area contributed by atoms with Gasteiger partial charge in [-0.1, -0.05) is 0 Å². The molecule has 116 valence electrons. The lowest BCUT2D eigenvalue weighted by atomic mass is 10.0. The summed E-state index contributed by atoms with van der Waals surface area (Å²) < 4.78 is 0. The maximum atomic E-state index is 11.0. The number of aldehydes is 1. The second-order valence-electron chi connectivity index (χ2n) is 4.34. The van der Waals surface area contributed by atoms with Crippen molar-refractivity contribution in [1.82, 2.24) is 0 Å². The molecule has 0 amide bonds. The highest BCUT2D eigenvalue weighted by atomic mass is 16.6. The van der Waals surface area contributed by atoms with Crippen molar-refractivity contribution in [1.29, 1.82) is 0 Å². The summed E-state index contributed by atoms with van der Waals surface area (Å²) in [5.41, 5.74) is 0.168. The van der Waals surface area contributed by atoms with E-state index >= 15 is 0 Å². The van der Waals surface area contributed by atoms with Crippen LogP contribution < -0.4 is 5.32 Å². The Hall–Kier alpha value is -2.07. The van der Waals surface area contributed by atoms with Crippen LogP contribution in [0.4, 0.5) is 11.4 Å². The summed E-state index contributed by atoms with van der Waals surface area (Å²) in [6.45, 7) is -0.776. The molecule has 0 aromatic heterocycles. The fourth-order valence-corrected chi connectivity index (χ4v) is 1.62. The molecule has 1 aromatic carbocycles. The van der Waals surface area contributed by atoms with E-state index in [0.29, 0.717) is 12.0 Å². The topological polar surface area (TPSA) is 153 Å². The molecule has 0 heterocycles. The number of nitrogens with one attached hydrogen (secondary N) is 1. The minimum Gasteiger partial charge on any atom is -0.394 e. The van der Waals surface area contributed by atoms with Crippen molar-refractivity contribution in [3.8, 4) is 0 Å². The molecule has 0 saturated carbocycles. The Morgan fingerprint density at radius 1 is 1.19 bits per heavy atom. The Kier molecular flexibility index (Phi) is 6.18. The van der Waals surface area contributed by atoms with E-state index in [2.05, 4.69) is 5.32 Å². The Bertz CT molecular complexity index is 479. The normalized spacial score (nSPS) is 16.6. The van der Waals surface area contributed by atoms with Crippen LogP contribution in [0.2, 0.25) is 0 Å². The molecular weight excluding hydrogens is 284 g/mol. The standard InChI is InChI=1S/C12H16N2O7/c15-5-9(11(18)12(19)10(17)6-16)13-7-1-3-8(4-2-7)14(20)21/h1-5,9-13,16-19H,6H2. The SMILES string of the molecule is O=CC(Nc1ccc([N+](=O)[O-])cc1)C(O)C(O)C(O)CO. The number of carbonyl (C=O) groups is 1. The molecular formula is C12H16N2O7. The largest absolute Gasteiger partial charge is 0.394 e. The summed E-state index contributed by atoms with van der Waals surface area (Å²) >= 11 is 0. The van der Waals surface area contributed by atoms with Crippen LogP contribution in [0.1, 0.15) is 0 Å². The van der Waals surface area contributed by atoms with Gasteiger partial charge in [0, 0.05) is 17.8 Å². The third-order valence-electron chi connectivity index (χ3n) is 2.86. The zero-order valence-corrected chi connectivity index (χ0v) is 10.9. The molecule has 5 N–H and O–H groups in total. The Labute approximate surface area is 119 Å². The first kappa shape index (κ1) is 17.0. The number of rotatable bonds is 8. The molecule has 21 heavy (non-hydrogen) atoms. The molecule has 0 bridgehead atoms. The number of aliphatic hydroxyl groups excluding tert-OH is 4.